The van der Waals surface area contributed by atoms with Gasteiger partial charge in [-0.3, -0.25) is 0 Å². The highest BCUT2D eigenvalue weighted by Crippen LogP contribution is 2.28. The predicted octanol–water partition coefficient (Wildman–Crippen LogP) is 3.91. The summed E-state index contributed by atoms with van der Waals surface area (Å²) in [5.74, 6) is 0.895. The van der Waals surface area contributed by atoms with Gasteiger partial charge in [-0.1, -0.05) is 36.4 Å². The zero-order chi connectivity index (χ0) is 15.9. The third kappa shape index (κ3) is 3.92. The van der Waals surface area contributed by atoms with Gasteiger partial charge in [-0.05, 0) is 29.7 Å². The number of aromatic nitrogens is 1. The van der Waals surface area contributed by atoms with Gasteiger partial charge in [0, 0.05) is 18.7 Å². The van der Waals surface area contributed by atoms with Gasteiger partial charge < -0.3 is 19.2 Å². The molecular formula is C19H21NO3. The lowest BCUT2D eigenvalue weighted by Crippen LogP contribution is -2.02. The molecule has 0 fully saturated rings. The number of fused-ring (bicyclic) bond motifs is 1. The number of methoxy groups -OCH3 is 1. The van der Waals surface area contributed by atoms with Crippen LogP contribution in [0.3, 0.4) is 0 Å². The molecule has 0 bridgehead atoms. The Bertz CT molecular complexity index is 737. The van der Waals surface area contributed by atoms with Crippen LogP contribution in [0.15, 0.2) is 54.7 Å². The molecule has 0 saturated carbocycles. The quantitative estimate of drug-likeness (QED) is 0.507. The van der Waals surface area contributed by atoms with Crippen LogP contribution in [0.25, 0.3) is 10.9 Å². The molecule has 0 radical (unpaired) electrons. The fraction of sp³-hybridized carbons (Fsp3) is 0.263. The molecule has 2 aromatic carbocycles. The van der Waals surface area contributed by atoms with E-state index in [1.54, 1.807) is 7.11 Å². The average Bonchev–Trinajstić information content (AvgIpc) is 3.08. The summed E-state index contributed by atoms with van der Waals surface area (Å²) in [4.78, 5) is 3.30. The Morgan fingerprint density at radius 2 is 1.87 bits per heavy atom. The van der Waals surface area contributed by atoms with Crippen molar-refractivity contribution in [2.75, 3.05) is 20.5 Å². The number of rotatable bonds is 8. The fourth-order valence-electron chi connectivity index (χ4n) is 2.58. The number of hydrogen-bond acceptors (Lipinski definition) is 3. The number of aromatic amines is 1. The predicted molar refractivity (Wildman–Crippen MR) is 90.6 cm³/mol. The molecule has 0 aliphatic heterocycles. The van der Waals surface area contributed by atoms with Gasteiger partial charge in [0.2, 0.25) is 0 Å². The van der Waals surface area contributed by atoms with E-state index < -0.39 is 0 Å². The summed E-state index contributed by atoms with van der Waals surface area (Å²) in [6.45, 7) is 1.52. The van der Waals surface area contributed by atoms with Crippen molar-refractivity contribution < 1.29 is 14.2 Å². The molecule has 3 rings (SSSR count). The molecular weight excluding hydrogens is 290 g/mol. The zero-order valence-corrected chi connectivity index (χ0v) is 13.2. The molecule has 4 heteroatoms. The minimum absolute atomic E-state index is 0.326. The van der Waals surface area contributed by atoms with E-state index in [0.29, 0.717) is 20.0 Å². The molecule has 0 saturated heterocycles. The van der Waals surface area contributed by atoms with Crippen LogP contribution in [0.5, 0.6) is 5.75 Å². The van der Waals surface area contributed by atoms with E-state index >= 15 is 0 Å². The summed E-state index contributed by atoms with van der Waals surface area (Å²) in [7, 11) is 1.63. The van der Waals surface area contributed by atoms with Crippen LogP contribution in [-0.4, -0.2) is 25.5 Å². The lowest BCUT2D eigenvalue weighted by atomic mass is 10.1. The third-order valence-corrected chi connectivity index (χ3v) is 3.72. The molecule has 0 aliphatic carbocycles. The van der Waals surface area contributed by atoms with Crippen molar-refractivity contribution in [1.82, 2.24) is 4.98 Å². The Morgan fingerprint density at radius 1 is 1.00 bits per heavy atom. The van der Waals surface area contributed by atoms with E-state index in [-0.39, 0.29) is 0 Å². The number of nitrogens with one attached hydrogen (secondary N) is 1. The SMILES string of the molecule is COCOCCc1ccc(OCc2ccccc2)c2cc[nH]c12. The molecule has 0 unspecified atom stereocenters. The van der Waals surface area contributed by atoms with Gasteiger partial charge in [0.15, 0.2) is 0 Å². The summed E-state index contributed by atoms with van der Waals surface area (Å²) in [5.41, 5.74) is 3.48. The summed E-state index contributed by atoms with van der Waals surface area (Å²) < 4.78 is 16.3. The van der Waals surface area contributed by atoms with Crippen molar-refractivity contribution >= 4 is 10.9 Å². The maximum atomic E-state index is 5.99. The second-order valence-electron chi connectivity index (χ2n) is 5.33. The van der Waals surface area contributed by atoms with Crippen molar-refractivity contribution in [3.8, 4) is 5.75 Å². The fourth-order valence-corrected chi connectivity index (χ4v) is 2.58. The minimum Gasteiger partial charge on any atom is -0.488 e. The lowest BCUT2D eigenvalue weighted by Gasteiger charge is -2.10. The van der Waals surface area contributed by atoms with Gasteiger partial charge in [-0.15, -0.1) is 0 Å². The molecule has 1 N–H and O–H groups in total. The highest BCUT2D eigenvalue weighted by molar-refractivity contribution is 5.88. The van der Waals surface area contributed by atoms with E-state index in [9.17, 15) is 0 Å². The van der Waals surface area contributed by atoms with Crippen molar-refractivity contribution in [3.05, 3.63) is 65.9 Å². The number of ether oxygens (including phenoxy) is 3. The van der Waals surface area contributed by atoms with Crippen molar-refractivity contribution in [1.29, 1.82) is 0 Å². The average molecular weight is 311 g/mol. The topological polar surface area (TPSA) is 43.5 Å². The summed E-state index contributed by atoms with van der Waals surface area (Å²) in [6, 6.07) is 16.4. The Labute approximate surface area is 136 Å². The maximum Gasteiger partial charge on any atom is 0.146 e. The van der Waals surface area contributed by atoms with Gasteiger partial charge in [0.1, 0.15) is 19.1 Å². The Kier molecular flexibility index (Phi) is 5.29. The molecule has 0 spiro atoms. The number of benzene rings is 2. The second-order valence-corrected chi connectivity index (χ2v) is 5.33. The summed E-state index contributed by atoms with van der Waals surface area (Å²) >= 11 is 0. The van der Waals surface area contributed by atoms with E-state index in [1.807, 2.05) is 30.5 Å². The summed E-state index contributed by atoms with van der Waals surface area (Å²) in [6.07, 6.45) is 2.78. The first-order valence-corrected chi connectivity index (χ1v) is 7.71. The first-order valence-electron chi connectivity index (χ1n) is 7.71. The normalized spacial score (nSPS) is 11.0. The smallest absolute Gasteiger partial charge is 0.146 e. The zero-order valence-electron chi connectivity index (χ0n) is 13.2. The molecule has 4 nitrogen and oxygen atoms in total. The van der Waals surface area contributed by atoms with Crippen LogP contribution in [-0.2, 0) is 22.5 Å². The molecule has 3 aromatic rings. The molecule has 0 aliphatic rings. The molecule has 120 valence electrons. The highest BCUT2D eigenvalue weighted by atomic mass is 16.7. The van der Waals surface area contributed by atoms with Crippen LogP contribution < -0.4 is 4.74 Å². The molecule has 0 amide bonds. The minimum atomic E-state index is 0.326. The first-order chi connectivity index (χ1) is 11.4. The Hall–Kier alpha value is -2.30. The van der Waals surface area contributed by atoms with Crippen molar-refractivity contribution in [2.24, 2.45) is 0 Å². The van der Waals surface area contributed by atoms with Gasteiger partial charge >= 0.3 is 0 Å². The maximum absolute atomic E-state index is 5.99. The van der Waals surface area contributed by atoms with E-state index in [0.717, 1.165) is 28.6 Å². The Morgan fingerprint density at radius 3 is 2.70 bits per heavy atom. The molecule has 23 heavy (non-hydrogen) atoms. The monoisotopic (exact) mass is 311 g/mol. The van der Waals surface area contributed by atoms with Crippen LogP contribution in [0.2, 0.25) is 0 Å². The van der Waals surface area contributed by atoms with E-state index in [1.165, 1.54) is 5.56 Å². The molecule has 1 heterocycles. The van der Waals surface area contributed by atoms with Gasteiger partial charge in [-0.2, -0.15) is 0 Å². The lowest BCUT2D eigenvalue weighted by molar-refractivity contribution is -0.0290. The van der Waals surface area contributed by atoms with Gasteiger partial charge in [-0.25, -0.2) is 0 Å². The number of H-pyrrole nitrogens is 1. The van der Waals surface area contributed by atoms with Crippen molar-refractivity contribution in [3.63, 3.8) is 0 Å². The van der Waals surface area contributed by atoms with Crippen LogP contribution >= 0.6 is 0 Å². The van der Waals surface area contributed by atoms with Crippen LogP contribution in [0.1, 0.15) is 11.1 Å². The molecule has 0 atom stereocenters. The van der Waals surface area contributed by atoms with Crippen molar-refractivity contribution in [2.45, 2.75) is 13.0 Å². The largest absolute Gasteiger partial charge is 0.488 e. The molecule has 1 aromatic heterocycles. The first kappa shape index (κ1) is 15.6. The van der Waals surface area contributed by atoms with Crippen LogP contribution in [0.4, 0.5) is 0 Å². The second kappa shape index (κ2) is 7.81. The van der Waals surface area contributed by atoms with Gasteiger partial charge in [0.25, 0.3) is 0 Å². The highest BCUT2D eigenvalue weighted by Gasteiger charge is 2.08. The summed E-state index contributed by atoms with van der Waals surface area (Å²) in [5, 5.41) is 1.10. The van der Waals surface area contributed by atoms with E-state index in [2.05, 4.69) is 29.2 Å². The Balaban J connectivity index is 1.71. The van der Waals surface area contributed by atoms with Crippen LogP contribution in [0, 0.1) is 0 Å². The van der Waals surface area contributed by atoms with E-state index in [4.69, 9.17) is 14.2 Å². The third-order valence-electron chi connectivity index (χ3n) is 3.72. The van der Waals surface area contributed by atoms with Gasteiger partial charge in [0.05, 0.1) is 12.1 Å². The standard InChI is InChI=1S/C19H21NO3/c1-21-14-22-12-10-16-7-8-18(17-9-11-20-19(16)17)23-13-15-5-3-2-4-6-15/h2-9,11,20H,10,12-14H2,1H3. The number of hydrogen-bond donors (Lipinski definition) is 1.